The van der Waals surface area contributed by atoms with Crippen LogP contribution in [0.15, 0.2) is 41.9 Å². The standard InChI is InChI=1S/C26H31N11O2/c1-5-6-18-13-36(9-10-39-18)22-12-21(27-14-28-22)24-19-11-17(7-8-20(19)30-31-24)29-25(38)23-15(2)35(4)26-32-33-34-37(26)16(23)3/h7-8,11-12,14,16,18H,5-6,9-10,13H2,1-4H3,(H,29,38)(H,30,31)/t16-,18+/m1/s1. The highest BCUT2D eigenvalue weighted by molar-refractivity contribution is 6.07. The van der Waals surface area contributed by atoms with Crippen LogP contribution >= 0.6 is 0 Å². The summed E-state index contributed by atoms with van der Waals surface area (Å²) in [5.41, 5.74) is 4.29. The second-order valence-corrected chi connectivity index (χ2v) is 9.93. The molecule has 0 radical (unpaired) electrons. The van der Waals surface area contributed by atoms with Gasteiger partial charge in [-0.1, -0.05) is 18.4 Å². The molecule has 2 N–H and O–H groups in total. The van der Waals surface area contributed by atoms with E-state index in [1.54, 1.807) is 11.0 Å². The van der Waals surface area contributed by atoms with Gasteiger partial charge in [-0.05, 0) is 48.9 Å². The van der Waals surface area contributed by atoms with Crippen LogP contribution < -0.4 is 15.1 Å². The zero-order valence-corrected chi connectivity index (χ0v) is 22.4. The highest BCUT2D eigenvalue weighted by Gasteiger charge is 2.32. The molecule has 2 atom stereocenters. The molecular weight excluding hydrogens is 498 g/mol. The molecule has 4 aromatic rings. The van der Waals surface area contributed by atoms with E-state index in [2.05, 4.69) is 52.8 Å². The summed E-state index contributed by atoms with van der Waals surface area (Å²) in [6.45, 7) is 8.24. The number of H-pyrrole nitrogens is 1. The van der Waals surface area contributed by atoms with Crippen molar-refractivity contribution < 1.29 is 9.53 Å². The third-order valence-corrected chi connectivity index (χ3v) is 7.49. The number of anilines is 3. The molecule has 2 aliphatic heterocycles. The lowest BCUT2D eigenvalue weighted by Crippen LogP contribution is -2.42. The number of carbonyl (C=O) groups is 1. The Bertz CT molecular complexity index is 1560. The predicted molar refractivity (Wildman–Crippen MR) is 146 cm³/mol. The van der Waals surface area contributed by atoms with E-state index in [0.717, 1.165) is 48.3 Å². The second kappa shape index (κ2) is 10.1. The van der Waals surface area contributed by atoms with E-state index >= 15 is 0 Å². The van der Waals surface area contributed by atoms with Gasteiger partial charge in [0.1, 0.15) is 17.8 Å². The third kappa shape index (κ3) is 4.48. The summed E-state index contributed by atoms with van der Waals surface area (Å²) in [5, 5.41) is 23.4. The number of hydrogen-bond acceptors (Lipinski definition) is 10. The Balaban J connectivity index is 1.27. The molecule has 13 heteroatoms. The van der Waals surface area contributed by atoms with Gasteiger partial charge in [0.25, 0.3) is 5.91 Å². The smallest absolute Gasteiger partial charge is 0.255 e. The molecule has 1 amide bonds. The van der Waals surface area contributed by atoms with Crippen molar-refractivity contribution in [2.75, 3.05) is 41.9 Å². The minimum atomic E-state index is -0.309. The second-order valence-electron chi connectivity index (χ2n) is 9.93. The van der Waals surface area contributed by atoms with Gasteiger partial charge in [-0.3, -0.25) is 9.89 Å². The number of aromatic amines is 1. The number of tetrazole rings is 1. The number of carbonyl (C=O) groups excluding carboxylic acids is 1. The summed E-state index contributed by atoms with van der Waals surface area (Å²) in [4.78, 5) is 26.6. The SMILES string of the molecule is CCC[C@H]1CN(c2cc(-c3n[nH]c4ccc(NC(=O)C5=C(C)N(C)c6nnnn6[C@@H]5C)cc34)ncn2)CCO1. The van der Waals surface area contributed by atoms with E-state index in [4.69, 9.17) is 4.74 Å². The fourth-order valence-corrected chi connectivity index (χ4v) is 5.33. The summed E-state index contributed by atoms with van der Waals surface area (Å²) in [5.74, 6) is 1.24. The van der Waals surface area contributed by atoms with Crippen molar-refractivity contribution >= 4 is 34.3 Å². The predicted octanol–water partition coefficient (Wildman–Crippen LogP) is 2.94. The van der Waals surface area contributed by atoms with Gasteiger partial charge in [0.05, 0.1) is 35.5 Å². The zero-order valence-electron chi connectivity index (χ0n) is 22.4. The summed E-state index contributed by atoms with van der Waals surface area (Å²) < 4.78 is 7.54. The van der Waals surface area contributed by atoms with E-state index in [0.29, 0.717) is 35.2 Å². The van der Waals surface area contributed by atoms with Gasteiger partial charge in [-0.2, -0.15) is 5.10 Å². The zero-order chi connectivity index (χ0) is 27.1. The van der Waals surface area contributed by atoms with Crippen molar-refractivity contribution in [3.8, 4) is 11.4 Å². The van der Waals surface area contributed by atoms with Gasteiger partial charge in [0, 0.05) is 43.0 Å². The minimum absolute atomic E-state index is 0.206. The average molecular weight is 530 g/mol. The highest BCUT2D eigenvalue weighted by atomic mass is 16.5. The Morgan fingerprint density at radius 3 is 2.97 bits per heavy atom. The number of rotatable bonds is 6. The van der Waals surface area contributed by atoms with Crippen molar-refractivity contribution in [1.29, 1.82) is 0 Å². The number of hydrogen-bond donors (Lipinski definition) is 2. The van der Waals surface area contributed by atoms with E-state index in [1.807, 2.05) is 50.1 Å². The quantitative estimate of drug-likeness (QED) is 0.383. The van der Waals surface area contributed by atoms with Crippen molar-refractivity contribution in [2.24, 2.45) is 0 Å². The Labute approximate surface area is 225 Å². The number of aromatic nitrogens is 8. The van der Waals surface area contributed by atoms with Gasteiger partial charge in [0.2, 0.25) is 5.95 Å². The first-order valence-electron chi connectivity index (χ1n) is 13.2. The average Bonchev–Trinajstić information content (AvgIpc) is 3.60. The summed E-state index contributed by atoms with van der Waals surface area (Å²) in [6, 6.07) is 7.32. The molecule has 1 aromatic carbocycles. The first kappa shape index (κ1) is 24.9. The molecule has 0 spiro atoms. The first-order chi connectivity index (χ1) is 18.9. The monoisotopic (exact) mass is 529 g/mol. The normalized spacial score (nSPS) is 19.5. The Hall–Kier alpha value is -4.39. The Kier molecular flexibility index (Phi) is 6.43. The fraction of sp³-hybridized carbons (Fsp3) is 0.423. The maximum atomic E-state index is 13.5. The van der Waals surface area contributed by atoms with Crippen molar-refractivity contribution in [2.45, 2.75) is 45.8 Å². The van der Waals surface area contributed by atoms with Gasteiger partial charge in [0.15, 0.2) is 0 Å². The van der Waals surface area contributed by atoms with Crippen molar-refractivity contribution in [3.63, 3.8) is 0 Å². The minimum Gasteiger partial charge on any atom is -0.375 e. The van der Waals surface area contributed by atoms with Gasteiger partial charge >= 0.3 is 0 Å². The van der Waals surface area contributed by atoms with Crippen LogP contribution in [0.3, 0.4) is 0 Å². The lowest BCUT2D eigenvalue weighted by atomic mass is 10.0. The van der Waals surface area contributed by atoms with Crippen LogP contribution in [0, 0.1) is 0 Å². The highest BCUT2D eigenvalue weighted by Crippen LogP contribution is 2.33. The lowest BCUT2D eigenvalue weighted by molar-refractivity contribution is -0.113. The summed E-state index contributed by atoms with van der Waals surface area (Å²) in [6.07, 6.45) is 3.88. The van der Waals surface area contributed by atoms with Crippen LogP contribution in [-0.2, 0) is 9.53 Å². The molecule has 0 unspecified atom stereocenters. The van der Waals surface area contributed by atoms with Gasteiger partial charge in [-0.15, -0.1) is 0 Å². The topological polar surface area (TPSA) is 143 Å². The van der Waals surface area contributed by atoms with Gasteiger partial charge < -0.3 is 19.9 Å². The number of nitrogens with zero attached hydrogens (tertiary/aromatic N) is 9. The largest absolute Gasteiger partial charge is 0.375 e. The van der Waals surface area contributed by atoms with E-state index < -0.39 is 0 Å². The number of nitrogens with one attached hydrogen (secondary N) is 2. The van der Waals surface area contributed by atoms with Crippen LogP contribution in [0.4, 0.5) is 17.5 Å². The molecule has 2 aliphatic rings. The van der Waals surface area contributed by atoms with E-state index in [9.17, 15) is 4.79 Å². The molecule has 1 fully saturated rings. The number of morpholine rings is 1. The molecule has 6 rings (SSSR count). The van der Waals surface area contributed by atoms with Crippen LogP contribution in [0.1, 0.15) is 39.7 Å². The fourth-order valence-electron chi connectivity index (χ4n) is 5.33. The molecule has 0 saturated carbocycles. The first-order valence-corrected chi connectivity index (χ1v) is 13.2. The number of amides is 1. The lowest BCUT2D eigenvalue weighted by Gasteiger charge is -2.33. The molecule has 5 heterocycles. The molecule has 3 aromatic heterocycles. The Morgan fingerprint density at radius 1 is 1.26 bits per heavy atom. The van der Waals surface area contributed by atoms with Crippen LogP contribution in [-0.4, -0.2) is 79.1 Å². The summed E-state index contributed by atoms with van der Waals surface area (Å²) in [7, 11) is 1.84. The van der Waals surface area contributed by atoms with Crippen LogP contribution in [0.2, 0.25) is 0 Å². The van der Waals surface area contributed by atoms with Crippen LogP contribution in [0.5, 0.6) is 0 Å². The molecule has 39 heavy (non-hydrogen) atoms. The maximum absolute atomic E-state index is 13.5. The third-order valence-electron chi connectivity index (χ3n) is 7.49. The number of ether oxygens (including phenoxy) is 1. The van der Waals surface area contributed by atoms with Crippen molar-refractivity contribution in [3.05, 3.63) is 41.9 Å². The van der Waals surface area contributed by atoms with E-state index in [1.165, 1.54) is 0 Å². The number of fused-ring (bicyclic) bond motifs is 2. The number of allylic oxidation sites excluding steroid dienone is 1. The van der Waals surface area contributed by atoms with E-state index in [-0.39, 0.29) is 18.1 Å². The summed E-state index contributed by atoms with van der Waals surface area (Å²) >= 11 is 0. The molecule has 202 valence electrons. The number of benzene rings is 1. The Morgan fingerprint density at radius 2 is 2.13 bits per heavy atom. The molecule has 0 bridgehead atoms. The molecular formula is C26H31N11O2. The maximum Gasteiger partial charge on any atom is 0.255 e. The van der Waals surface area contributed by atoms with Gasteiger partial charge in [-0.25, -0.2) is 14.6 Å². The molecule has 0 aliphatic carbocycles. The molecule has 13 nitrogen and oxygen atoms in total. The van der Waals surface area contributed by atoms with Crippen molar-refractivity contribution in [1.82, 2.24) is 40.4 Å². The van der Waals surface area contributed by atoms with Crippen LogP contribution in [0.25, 0.3) is 22.3 Å². The molecule has 1 saturated heterocycles.